The van der Waals surface area contributed by atoms with Crippen LogP contribution in [0, 0.1) is 20.8 Å². The highest BCUT2D eigenvalue weighted by Gasteiger charge is 2.33. The van der Waals surface area contributed by atoms with E-state index in [1.54, 1.807) is 0 Å². The van der Waals surface area contributed by atoms with Crippen LogP contribution in [0.5, 0.6) is 11.5 Å². The van der Waals surface area contributed by atoms with Gasteiger partial charge in [0.15, 0.2) is 0 Å². The van der Waals surface area contributed by atoms with E-state index in [4.69, 9.17) is 4.74 Å². The number of hydrogen-bond donors (Lipinski definition) is 1. The maximum Gasteiger partial charge on any atom is 0.127 e. The van der Waals surface area contributed by atoms with Gasteiger partial charge in [-0.3, -0.25) is 0 Å². The van der Waals surface area contributed by atoms with E-state index in [9.17, 15) is 5.11 Å². The summed E-state index contributed by atoms with van der Waals surface area (Å²) in [5, 5.41) is 10.4. The van der Waals surface area contributed by atoms with Crippen LogP contribution in [0.4, 0.5) is 0 Å². The Kier molecular flexibility index (Phi) is 9.03. The first-order valence-electron chi connectivity index (χ1n) is 12.0. The molecule has 31 heavy (non-hydrogen) atoms. The van der Waals surface area contributed by atoms with Gasteiger partial charge in [-0.25, -0.2) is 0 Å². The molecule has 1 aromatic carbocycles. The van der Waals surface area contributed by atoms with Crippen LogP contribution in [0.25, 0.3) is 0 Å². The zero-order valence-electron chi connectivity index (χ0n) is 21.2. The largest absolute Gasteiger partial charge is 0.507 e. The molecule has 0 amide bonds. The molecule has 1 aliphatic rings. The van der Waals surface area contributed by atoms with E-state index in [0.29, 0.717) is 5.75 Å². The van der Waals surface area contributed by atoms with Crippen LogP contribution in [-0.2, 0) is 6.42 Å². The van der Waals surface area contributed by atoms with Gasteiger partial charge < -0.3 is 9.84 Å². The van der Waals surface area contributed by atoms with Crippen molar-refractivity contribution in [2.45, 2.75) is 112 Å². The first-order valence-corrected chi connectivity index (χ1v) is 12.0. The number of allylic oxidation sites excluding steroid dienone is 6. The number of fused-ring (bicyclic) bond motifs is 1. The molecular weight excluding hydrogens is 380 g/mol. The summed E-state index contributed by atoms with van der Waals surface area (Å²) in [7, 11) is 0. The first kappa shape index (κ1) is 25.3. The lowest BCUT2D eigenvalue weighted by molar-refractivity contribution is 0.0558. The summed E-state index contributed by atoms with van der Waals surface area (Å²) in [5.41, 5.74) is 8.45. The van der Waals surface area contributed by atoms with Gasteiger partial charge in [0.05, 0.1) is 0 Å². The molecule has 1 N–H and O–H groups in total. The van der Waals surface area contributed by atoms with Crippen molar-refractivity contribution in [1.29, 1.82) is 0 Å². The van der Waals surface area contributed by atoms with Gasteiger partial charge in [0.1, 0.15) is 17.1 Å². The normalized spacial score (nSPS) is 19.1. The van der Waals surface area contributed by atoms with Crippen LogP contribution < -0.4 is 4.74 Å². The van der Waals surface area contributed by atoms with Crippen molar-refractivity contribution >= 4 is 0 Å². The zero-order chi connectivity index (χ0) is 23.2. The Morgan fingerprint density at radius 3 is 2.06 bits per heavy atom. The number of aromatic hydroxyl groups is 1. The lowest BCUT2D eigenvalue weighted by Gasteiger charge is -2.38. The Morgan fingerprint density at radius 2 is 1.45 bits per heavy atom. The average molecular weight is 425 g/mol. The highest BCUT2D eigenvalue weighted by Crippen LogP contribution is 2.44. The summed E-state index contributed by atoms with van der Waals surface area (Å²) in [6, 6.07) is 0. The second-order valence-corrected chi connectivity index (χ2v) is 10.1. The molecule has 1 heterocycles. The molecule has 2 rings (SSSR count). The molecule has 2 nitrogen and oxygen atoms in total. The zero-order valence-corrected chi connectivity index (χ0v) is 21.2. The molecule has 0 fully saturated rings. The van der Waals surface area contributed by atoms with E-state index in [1.807, 2.05) is 13.8 Å². The van der Waals surface area contributed by atoms with E-state index < -0.39 is 0 Å². The fraction of sp³-hybridized carbons (Fsp3) is 0.586. The topological polar surface area (TPSA) is 29.5 Å². The molecule has 0 saturated heterocycles. The molecular formula is C29H44O2. The van der Waals surface area contributed by atoms with Crippen molar-refractivity contribution < 1.29 is 9.84 Å². The Hall–Kier alpha value is -1.96. The van der Waals surface area contributed by atoms with Crippen LogP contribution in [0.1, 0.15) is 102 Å². The minimum Gasteiger partial charge on any atom is -0.507 e. The van der Waals surface area contributed by atoms with Gasteiger partial charge in [-0.1, -0.05) is 34.9 Å². The van der Waals surface area contributed by atoms with E-state index in [1.165, 1.54) is 28.7 Å². The minimum atomic E-state index is -0.133. The molecule has 0 radical (unpaired) electrons. The van der Waals surface area contributed by atoms with Crippen molar-refractivity contribution in [2.24, 2.45) is 0 Å². The van der Waals surface area contributed by atoms with Gasteiger partial charge >= 0.3 is 0 Å². The summed E-state index contributed by atoms with van der Waals surface area (Å²) in [6.45, 7) is 17.1. The fourth-order valence-corrected chi connectivity index (χ4v) is 4.43. The number of phenols is 1. The van der Waals surface area contributed by atoms with Gasteiger partial charge in [-0.05, 0) is 123 Å². The van der Waals surface area contributed by atoms with Crippen molar-refractivity contribution in [1.82, 2.24) is 0 Å². The number of hydrogen-bond acceptors (Lipinski definition) is 2. The van der Waals surface area contributed by atoms with Gasteiger partial charge in [0, 0.05) is 5.56 Å². The summed E-state index contributed by atoms with van der Waals surface area (Å²) < 4.78 is 6.56. The number of phenolic OH excluding ortho intramolecular Hbond substituents is 1. The summed E-state index contributed by atoms with van der Waals surface area (Å²) in [6.07, 6.45) is 15.8. The predicted molar refractivity (Wildman–Crippen MR) is 134 cm³/mol. The van der Waals surface area contributed by atoms with E-state index in [2.05, 4.69) is 59.8 Å². The second kappa shape index (κ2) is 11.1. The maximum atomic E-state index is 10.4. The lowest BCUT2D eigenvalue weighted by Crippen LogP contribution is -2.37. The van der Waals surface area contributed by atoms with Crippen molar-refractivity contribution in [3.8, 4) is 11.5 Å². The predicted octanol–water partition coefficient (Wildman–Crippen LogP) is 8.60. The molecule has 0 aliphatic carbocycles. The lowest BCUT2D eigenvalue weighted by atomic mass is 9.85. The monoisotopic (exact) mass is 424 g/mol. The van der Waals surface area contributed by atoms with Crippen LogP contribution in [0.2, 0.25) is 0 Å². The van der Waals surface area contributed by atoms with Crippen molar-refractivity contribution in [2.75, 3.05) is 0 Å². The third-order valence-electron chi connectivity index (χ3n) is 6.88. The maximum absolute atomic E-state index is 10.4. The molecule has 0 saturated carbocycles. The smallest absolute Gasteiger partial charge is 0.127 e. The quantitative estimate of drug-likeness (QED) is 0.402. The molecule has 2 heteroatoms. The van der Waals surface area contributed by atoms with Crippen LogP contribution in [0.15, 0.2) is 34.9 Å². The van der Waals surface area contributed by atoms with Gasteiger partial charge in [0.25, 0.3) is 0 Å². The molecule has 1 atom stereocenters. The number of benzene rings is 1. The number of ether oxygens (including phenoxy) is 1. The van der Waals surface area contributed by atoms with Crippen LogP contribution >= 0.6 is 0 Å². The highest BCUT2D eigenvalue weighted by atomic mass is 16.5. The molecule has 0 aromatic heterocycles. The molecule has 0 spiro atoms. The summed E-state index contributed by atoms with van der Waals surface area (Å²) in [5.74, 6) is 1.44. The molecule has 1 aliphatic heterocycles. The third kappa shape index (κ3) is 7.02. The minimum absolute atomic E-state index is 0.133. The molecule has 0 unspecified atom stereocenters. The van der Waals surface area contributed by atoms with Gasteiger partial charge in [0.2, 0.25) is 0 Å². The Morgan fingerprint density at radius 1 is 0.871 bits per heavy atom. The molecule has 0 bridgehead atoms. The van der Waals surface area contributed by atoms with E-state index in [0.717, 1.165) is 67.4 Å². The Balaban J connectivity index is 1.88. The van der Waals surface area contributed by atoms with Crippen LogP contribution in [-0.4, -0.2) is 10.7 Å². The first-order chi connectivity index (χ1) is 14.5. The van der Waals surface area contributed by atoms with Crippen LogP contribution in [0.3, 0.4) is 0 Å². The highest BCUT2D eigenvalue weighted by molar-refractivity contribution is 5.58. The third-order valence-corrected chi connectivity index (χ3v) is 6.88. The Labute approximate surface area is 191 Å². The van der Waals surface area contributed by atoms with Gasteiger partial charge in [-0.2, -0.15) is 0 Å². The van der Waals surface area contributed by atoms with Crippen molar-refractivity contribution in [3.63, 3.8) is 0 Å². The molecule has 1 aromatic rings. The van der Waals surface area contributed by atoms with Crippen molar-refractivity contribution in [3.05, 3.63) is 57.2 Å². The van der Waals surface area contributed by atoms with E-state index >= 15 is 0 Å². The second-order valence-electron chi connectivity index (χ2n) is 10.1. The van der Waals surface area contributed by atoms with Gasteiger partial charge in [-0.15, -0.1) is 0 Å². The molecule has 172 valence electrons. The van der Waals surface area contributed by atoms with E-state index in [-0.39, 0.29) is 5.60 Å². The SMILES string of the molecule is CC(C)=CCC/C(C)=C\CC/C(C)=C\CC[C@]1(C)CCc2c(C)c(O)c(C)c(C)c2O1. The summed E-state index contributed by atoms with van der Waals surface area (Å²) in [4.78, 5) is 0. The number of rotatable bonds is 9. The summed E-state index contributed by atoms with van der Waals surface area (Å²) >= 11 is 0. The average Bonchev–Trinajstić information content (AvgIpc) is 2.70. The fourth-order valence-electron chi connectivity index (χ4n) is 4.43. The Bertz CT molecular complexity index is 865. The standard InChI is InChI=1S/C29H44O2/c1-20(2)12-9-13-21(3)14-10-15-22(4)16-11-18-29(8)19-17-26-25(7)27(30)23(5)24(6)28(26)31-29/h12,14,16,30H,9-11,13,15,17-19H2,1-8H3/b21-14-,22-16-/t29-/m1/s1.